The van der Waals surface area contributed by atoms with Crippen molar-refractivity contribution in [1.29, 1.82) is 0 Å². The number of pyridine rings is 2. The Morgan fingerprint density at radius 1 is 1.00 bits per heavy atom. The van der Waals surface area contributed by atoms with E-state index >= 15 is 0 Å². The van der Waals surface area contributed by atoms with Crippen molar-refractivity contribution in [3.63, 3.8) is 0 Å². The van der Waals surface area contributed by atoms with Gasteiger partial charge in [0.1, 0.15) is 5.52 Å². The van der Waals surface area contributed by atoms with Gasteiger partial charge in [-0.3, -0.25) is 29.0 Å². The number of hydrogen-bond acceptors (Lipinski definition) is 10. The first-order valence-electron chi connectivity index (χ1n) is 13.1. The van der Waals surface area contributed by atoms with Gasteiger partial charge >= 0.3 is 5.69 Å². The molecule has 4 aromatic heterocycles. The molecule has 39 heavy (non-hydrogen) atoms. The highest BCUT2D eigenvalue weighted by molar-refractivity contribution is 6.01. The number of fused-ring (bicyclic) bond motifs is 3. The molecule has 2 fully saturated rings. The number of aromatic nitrogens is 6. The fraction of sp³-hybridized carbons (Fsp3) is 0.423. The van der Waals surface area contributed by atoms with E-state index in [1.165, 1.54) is 6.20 Å². The maximum Gasteiger partial charge on any atom is 0.329 e. The molecule has 0 unspecified atom stereocenters. The number of carbonyl (C=O) groups excluding carboxylic acids is 1. The average molecular weight is 531 g/mol. The molecule has 3 N–H and O–H groups in total. The molecule has 1 amide bonds. The molecular weight excluding hydrogens is 500 g/mol. The number of likely N-dealkylation sites (tertiary alicyclic amines) is 1. The van der Waals surface area contributed by atoms with Gasteiger partial charge in [0.2, 0.25) is 11.9 Å². The van der Waals surface area contributed by atoms with E-state index in [0.29, 0.717) is 59.5 Å². The van der Waals surface area contributed by atoms with Gasteiger partial charge in [0.15, 0.2) is 0 Å². The molecule has 0 bridgehead atoms. The minimum absolute atomic E-state index is 0.178. The molecule has 13 heteroatoms. The van der Waals surface area contributed by atoms with E-state index in [0.717, 1.165) is 31.7 Å². The molecule has 0 saturated carbocycles. The Morgan fingerprint density at radius 2 is 1.72 bits per heavy atom. The molecule has 0 aliphatic carbocycles. The van der Waals surface area contributed by atoms with Gasteiger partial charge in [-0.25, -0.2) is 19.7 Å². The fourth-order valence-corrected chi connectivity index (χ4v) is 5.48. The minimum Gasteiger partial charge on any atom is -0.369 e. The van der Waals surface area contributed by atoms with Crippen LogP contribution in [-0.4, -0.2) is 98.1 Å². The number of nitrogens with one attached hydrogen (secondary N) is 1. The number of carbonyl (C=O) groups is 1. The molecule has 0 aromatic carbocycles. The third-order valence-corrected chi connectivity index (χ3v) is 7.63. The van der Waals surface area contributed by atoms with Crippen molar-refractivity contribution >= 4 is 33.8 Å². The van der Waals surface area contributed by atoms with E-state index in [4.69, 9.17) is 10.7 Å². The zero-order valence-corrected chi connectivity index (χ0v) is 21.7. The highest BCUT2D eigenvalue weighted by Gasteiger charge is 2.26. The van der Waals surface area contributed by atoms with Crippen molar-refractivity contribution in [2.24, 2.45) is 5.73 Å². The zero-order valence-electron chi connectivity index (χ0n) is 21.7. The summed E-state index contributed by atoms with van der Waals surface area (Å²) >= 11 is 0. The second-order valence-electron chi connectivity index (χ2n) is 10.2. The van der Waals surface area contributed by atoms with E-state index < -0.39 is 11.2 Å². The van der Waals surface area contributed by atoms with Gasteiger partial charge in [-0.05, 0) is 32.0 Å². The van der Waals surface area contributed by atoms with Crippen molar-refractivity contribution in [2.75, 3.05) is 57.8 Å². The number of hydrogen-bond donors (Lipinski definition) is 2. The molecule has 6 heterocycles. The van der Waals surface area contributed by atoms with Crippen LogP contribution in [0.2, 0.25) is 0 Å². The Hall–Kier alpha value is -4.23. The Bertz CT molecular complexity index is 1650. The lowest BCUT2D eigenvalue weighted by molar-refractivity contribution is -0.119. The normalized spacial score (nSPS) is 17.7. The highest BCUT2D eigenvalue weighted by Crippen LogP contribution is 2.28. The lowest BCUT2D eigenvalue weighted by Gasteiger charge is -2.32. The molecule has 4 aromatic rings. The lowest BCUT2D eigenvalue weighted by Crippen LogP contribution is -2.45. The van der Waals surface area contributed by atoms with Crippen LogP contribution in [0.25, 0.3) is 33.2 Å². The predicted octanol–water partition coefficient (Wildman–Crippen LogP) is -0.0360. The van der Waals surface area contributed by atoms with Gasteiger partial charge in [-0.15, -0.1) is 0 Å². The summed E-state index contributed by atoms with van der Waals surface area (Å²) in [6, 6.07) is 3.49. The molecule has 0 radical (unpaired) electrons. The van der Waals surface area contributed by atoms with E-state index in [-0.39, 0.29) is 18.5 Å². The van der Waals surface area contributed by atoms with Gasteiger partial charge in [-0.2, -0.15) is 0 Å². The number of piperidine rings is 1. The lowest BCUT2D eigenvalue weighted by atomic mass is 10.0. The number of nitrogens with zero attached hydrogens (tertiary/aromatic N) is 8. The fourth-order valence-electron chi connectivity index (χ4n) is 5.48. The topological polar surface area (TPSA) is 159 Å². The first kappa shape index (κ1) is 25.1. The minimum atomic E-state index is -0.501. The number of H-pyrrole nitrogens is 1. The molecule has 13 nitrogen and oxygen atoms in total. The SMILES string of the molecule is CN1CCN(c2ncc(-c3ccc4ncc5c(=O)[nH]c(=O)n(C6CCN(CC(N)=O)CC6)c5c4n3)cn2)CC1. The monoisotopic (exact) mass is 530 g/mol. The van der Waals surface area contributed by atoms with Crippen LogP contribution in [-0.2, 0) is 4.79 Å². The summed E-state index contributed by atoms with van der Waals surface area (Å²) in [5, 5.41) is 0.299. The first-order valence-corrected chi connectivity index (χ1v) is 13.1. The van der Waals surface area contributed by atoms with Crippen LogP contribution in [0.1, 0.15) is 18.9 Å². The number of nitrogens with two attached hydrogens (primary N) is 1. The third kappa shape index (κ3) is 4.86. The van der Waals surface area contributed by atoms with Gasteiger partial charge < -0.3 is 15.5 Å². The van der Waals surface area contributed by atoms with Crippen LogP contribution < -0.4 is 21.9 Å². The van der Waals surface area contributed by atoms with Gasteiger partial charge in [0.05, 0.1) is 28.7 Å². The van der Waals surface area contributed by atoms with Gasteiger partial charge in [0, 0.05) is 69.5 Å². The number of amides is 1. The molecular formula is C26H30N10O3. The van der Waals surface area contributed by atoms with Crippen molar-refractivity contribution in [2.45, 2.75) is 18.9 Å². The molecule has 6 rings (SSSR count). The molecule has 2 aliphatic heterocycles. The van der Waals surface area contributed by atoms with E-state index in [1.54, 1.807) is 17.0 Å². The van der Waals surface area contributed by atoms with Gasteiger partial charge in [0.25, 0.3) is 5.56 Å². The van der Waals surface area contributed by atoms with Crippen molar-refractivity contribution in [1.82, 2.24) is 39.3 Å². The Labute approximate surface area is 223 Å². The number of rotatable bonds is 5. The second-order valence-corrected chi connectivity index (χ2v) is 10.2. The smallest absolute Gasteiger partial charge is 0.329 e. The van der Waals surface area contributed by atoms with Crippen LogP contribution in [0.4, 0.5) is 5.95 Å². The quantitative estimate of drug-likeness (QED) is 0.335. The summed E-state index contributed by atoms with van der Waals surface area (Å²) in [5.74, 6) is 0.303. The Morgan fingerprint density at radius 3 is 2.41 bits per heavy atom. The molecule has 2 aliphatic rings. The molecule has 202 valence electrons. The second kappa shape index (κ2) is 10.2. The number of anilines is 1. The van der Waals surface area contributed by atoms with E-state index in [2.05, 4.69) is 36.8 Å². The summed E-state index contributed by atoms with van der Waals surface area (Å²) in [5.41, 5.74) is 7.22. The van der Waals surface area contributed by atoms with Gasteiger partial charge in [-0.1, -0.05) is 0 Å². The number of primary amides is 1. The van der Waals surface area contributed by atoms with E-state index in [9.17, 15) is 14.4 Å². The number of aromatic amines is 1. The van der Waals surface area contributed by atoms with Crippen LogP contribution in [0.15, 0.2) is 40.3 Å². The molecule has 2 saturated heterocycles. The van der Waals surface area contributed by atoms with Crippen LogP contribution in [0.5, 0.6) is 0 Å². The maximum absolute atomic E-state index is 13.2. The van der Waals surface area contributed by atoms with Crippen molar-refractivity contribution in [3.05, 3.63) is 51.6 Å². The standard InChI is InChI=1S/C26H30N10O3/c1-33-8-10-35(11-9-33)25-29-12-16(13-30-25)19-2-3-20-22(31-19)23-18(14-28-20)24(38)32-26(39)36(23)17-4-6-34(7-5-17)15-21(27)37/h2-3,12-14,17H,4-11,15H2,1H3,(H2,27,37)(H,32,38,39). The summed E-state index contributed by atoms with van der Waals surface area (Å²) in [6.07, 6.45) is 6.24. The molecule has 0 atom stereocenters. The van der Waals surface area contributed by atoms with Crippen molar-refractivity contribution < 1.29 is 4.79 Å². The first-order chi connectivity index (χ1) is 18.9. The van der Waals surface area contributed by atoms with Crippen LogP contribution in [0.3, 0.4) is 0 Å². The average Bonchev–Trinajstić information content (AvgIpc) is 2.94. The Balaban J connectivity index is 1.39. The number of piperazine rings is 1. The summed E-state index contributed by atoms with van der Waals surface area (Å²) in [4.78, 5) is 64.6. The third-order valence-electron chi connectivity index (χ3n) is 7.63. The zero-order chi connectivity index (χ0) is 27.1. The maximum atomic E-state index is 13.2. The van der Waals surface area contributed by atoms with Crippen molar-refractivity contribution in [3.8, 4) is 11.3 Å². The van der Waals surface area contributed by atoms with Crippen LogP contribution in [0, 0.1) is 0 Å². The van der Waals surface area contributed by atoms with E-state index in [1.807, 2.05) is 17.0 Å². The summed E-state index contributed by atoms with van der Waals surface area (Å²) < 4.78 is 1.63. The summed E-state index contributed by atoms with van der Waals surface area (Å²) in [7, 11) is 2.10. The predicted molar refractivity (Wildman–Crippen MR) is 147 cm³/mol. The largest absolute Gasteiger partial charge is 0.369 e. The summed E-state index contributed by atoms with van der Waals surface area (Å²) in [6.45, 7) is 5.06. The Kier molecular flexibility index (Phi) is 6.53. The van der Waals surface area contributed by atoms with Crippen LogP contribution >= 0.6 is 0 Å². The highest BCUT2D eigenvalue weighted by atomic mass is 16.2. The number of likely N-dealkylation sites (N-methyl/N-ethyl adjacent to an activating group) is 1. The molecule has 0 spiro atoms.